The number of aromatic nitrogens is 4. The average Bonchev–Trinajstić information content (AvgIpc) is 3.11. The number of imidazole rings is 1. The number of anilines is 1. The number of methoxy groups -OCH3 is 3. The van der Waals surface area contributed by atoms with Crippen molar-refractivity contribution in [3.8, 4) is 6.01 Å². The summed E-state index contributed by atoms with van der Waals surface area (Å²) in [6.07, 6.45) is 1.88. The van der Waals surface area contributed by atoms with Gasteiger partial charge in [-0.3, -0.25) is 4.57 Å². The summed E-state index contributed by atoms with van der Waals surface area (Å²) in [4.78, 5) is 25.5. The highest BCUT2D eigenvalue weighted by atomic mass is 79.9. The first-order chi connectivity index (χ1) is 15.4. The van der Waals surface area contributed by atoms with Gasteiger partial charge in [0, 0.05) is 19.8 Å². The Morgan fingerprint density at radius 2 is 1.94 bits per heavy atom. The Morgan fingerprint density at radius 1 is 1.19 bits per heavy atom. The van der Waals surface area contributed by atoms with Crippen LogP contribution in [0.4, 0.5) is 5.82 Å². The molecule has 10 nitrogen and oxygen atoms in total. The number of nitrogens with zero attached hydrogens (tertiary/aromatic N) is 4. The minimum Gasteiger partial charge on any atom is -0.465 e. The zero-order valence-electron chi connectivity index (χ0n) is 18.4. The summed E-state index contributed by atoms with van der Waals surface area (Å²) < 4.78 is 23.7. The normalized spacial score (nSPS) is 11.7. The van der Waals surface area contributed by atoms with Gasteiger partial charge in [0.25, 0.3) is 5.79 Å². The fourth-order valence-corrected chi connectivity index (χ4v) is 3.75. The Balaban J connectivity index is 2.00. The third kappa shape index (κ3) is 4.54. The number of fused-ring (bicyclic) bond motifs is 1. The van der Waals surface area contributed by atoms with E-state index in [2.05, 4.69) is 37.8 Å². The molecule has 0 fully saturated rings. The van der Waals surface area contributed by atoms with Gasteiger partial charge in [0.2, 0.25) is 0 Å². The van der Waals surface area contributed by atoms with Crippen molar-refractivity contribution in [3.05, 3.63) is 40.1 Å². The van der Waals surface area contributed by atoms with Crippen LogP contribution in [0.15, 0.2) is 29.0 Å². The Kier molecular flexibility index (Phi) is 7.64. The second kappa shape index (κ2) is 10.2. The van der Waals surface area contributed by atoms with Crippen LogP contribution in [0.25, 0.3) is 11.2 Å². The van der Waals surface area contributed by atoms with Gasteiger partial charge < -0.3 is 24.7 Å². The molecule has 172 valence electrons. The van der Waals surface area contributed by atoms with Gasteiger partial charge in [-0.15, -0.1) is 0 Å². The highest BCUT2D eigenvalue weighted by Crippen LogP contribution is 2.30. The molecule has 2 N–H and O–H groups in total. The molecule has 0 saturated heterocycles. The summed E-state index contributed by atoms with van der Waals surface area (Å²) in [5.74, 6) is -2.10. The lowest BCUT2D eigenvalue weighted by Gasteiger charge is -2.28. The number of nitrogen functional groups attached to an aromatic ring is 1. The molecule has 0 spiro atoms. The van der Waals surface area contributed by atoms with E-state index in [1.807, 2.05) is 10.6 Å². The molecule has 0 unspecified atom stereocenters. The van der Waals surface area contributed by atoms with Gasteiger partial charge in [-0.1, -0.05) is 31.5 Å². The van der Waals surface area contributed by atoms with Gasteiger partial charge in [-0.25, -0.2) is 9.78 Å². The topological polar surface area (TPSA) is 124 Å². The molecule has 0 bridgehead atoms. The van der Waals surface area contributed by atoms with E-state index in [-0.39, 0.29) is 11.8 Å². The molecule has 0 aliphatic carbocycles. The first-order valence-corrected chi connectivity index (χ1v) is 10.8. The predicted molar refractivity (Wildman–Crippen MR) is 121 cm³/mol. The van der Waals surface area contributed by atoms with Gasteiger partial charge in [0.05, 0.1) is 20.3 Å². The van der Waals surface area contributed by atoms with Gasteiger partial charge in [-0.05, 0) is 34.0 Å². The van der Waals surface area contributed by atoms with Gasteiger partial charge in [0.15, 0.2) is 21.7 Å². The molecule has 11 heteroatoms. The second-order valence-electron chi connectivity index (χ2n) is 6.95. The van der Waals surface area contributed by atoms with Gasteiger partial charge in [-0.2, -0.15) is 9.97 Å². The summed E-state index contributed by atoms with van der Waals surface area (Å²) >= 11 is 3.47. The number of rotatable bonds is 10. The number of carbonyl (C=O) groups is 1. The molecular weight excluding hydrogens is 482 g/mol. The van der Waals surface area contributed by atoms with Crippen molar-refractivity contribution < 1.29 is 23.7 Å². The van der Waals surface area contributed by atoms with Crippen LogP contribution < -0.4 is 10.5 Å². The van der Waals surface area contributed by atoms with Crippen molar-refractivity contribution in [2.75, 3.05) is 33.7 Å². The van der Waals surface area contributed by atoms with E-state index < -0.39 is 11.8 Å². The van der Waals surface area contributed by atoms with Crippen molar-refractivity contribution >= 4 is 38.9 Å². The van der Waals surface area contributed by atoms with Crippen LogP contribution >= 0.6 is 15.9 Å². The molecule has 32 heavy (non-hydrogen) atoms. The standard InChI is InChI=1S/C21H26BrN5O5/c1-5-6-10-32-20-25-16(23)15-17(26-20)27(19(22)24-15)12-13-8-7-9-14(11-13)21(30-3,31-4)18(28)29-2/h7-9,11H,5-6,10,12H2,1-4H3,(H2,23,25,26). The molecule has 0 aliphatic heterocycles. The monoisotopic (exact) mass is 507 g/mol. The Bertz CT molecular complexity index is 1100. The maximum absolute atomic E-state index is 12.4. The second-order valence-corrected chi connectivity index (χ2v) is 7.66. The molecule has 1 aromatic carbocycles. The average molecular weight is 508 g/mol. The molecular formula is C21H26BrN5O5. The van der Waals surface area contributed by atoms with Crippen molar-refractivity contribution in [2.24, 2.45) is 0 Å². The Labute approximate surface area is 194 Å². The third-order valence-electron chi connectivity index (χ3n) is 4.96. The minimum atomic E-state index is -1.67. The lowest BCUT2D eigenvalue weighted by molar-refractivity contribution is -0.233. The van der Waals surface area contributed by atoms with E-state index in [1.54, 1.807) is 18.2 Å². The minimum absolute atomic E-state index is 0.203. The van der Waals surface area contributed by atoms with Crippen LogP contribution in [0.5, 0.6) is 6.01 Å². The number of unbranched alkanes of at least 4 members (excludes halogenated alkanes) is 1. The Hall–Kier alpha value is -2.76. The van der Waals surface area contributed by atoms with Crippen molar-refractivity contribution in [3.63, 3.8) is 0 Å². The van der Waals surface area contributed by atoms with Crippen molar-refractivity contribution in [1.82, 2.24) is 19.5 Å². The summed E-state index contributed by atoms with van der Waals surface area (Å²) in [6, 6.07) is 7.43. The van der Waals surface area contributed by atoms with E-state index in [1.165, 1.54) is 21.3 Å². The number of ether oxygens (including phenoxy) is 4. The molecule has 2 aromatic heterocycles. The molecule has 0 atom stereocenters. The van der Waals surface area contributed by atoms with Crippen LogP contribution in [-0.2, 0) is 31.3 Å². The number of benzene rings is 1. The largest absolute Gasteiger partial charge is 0.465 e. The van der Waals surface area contributed by atoms with Crippen LogP contribution in [0.3, 0.4) is 0 Å². The van der Waals surface area contributed by atoms with Crippen LogP contribution in [0, 0.1) is 0 Å². The number of halogens is 1. The molecule has 2 heterocycles. The molecule has 3 rings (SSSR count). The van der Waals surface area contributed by atoms with Crippen LogP contribution in [-0.4, -0.2) is 53.4 Å². The summed E-state index contributed by atoms with van der Waals surface area (Å²) in [5, 5.41) is 0. The van der Waals surface area contributed by atoms with Gasteiger partial charge in [0.1, 0.15) is 0 Å². The zero-order chi connectivity index (χ0) is 23.3. The maximum atomic E-state index is 12.4. The molecule has 0 aliphatic rings. The first-order valence-electron chi connectivity index (χ1n) is 10.00. The summed E-state index contributed by atoms with van der Waals surface area (Å²) in [7, 11) is 4.04. The third-order valence-corrected chi connectivity index (χ3v) is 5.57. The fraction of sp³-hybridized carbons (Fsp3) is 0.429. The van der Waals surface area contributed by atoms with E-state index in [9.17, 15) is 4.79 Å². The van der Waals surface area contributed by atoms with E-state index in [0.29, 0.717) is 34.6 Å². The smallest absolute Gasteiger partial charge is 0.371 e. The fourth-order valence-electron chi connectivity index (χ4n) is 3.28. The molecule has 0 radical (unpaired) electrons. The van der Waals surface area contributed by atoms with E-state index >= 15 is 0 Å². The maximum Gasteiger partial charge on any atom is 0.371 e. The van der Waals surface area contributed by atoms with Gasteiger partial charge >= 0.3 is 12.0 Å². The molecule has 3 aromatic rings. The summed E-state index contributed by atoms with van der Waals surface area (Å²) in [6.45, 7) is 2.95. The van der Waals surface area contributed by atoms with E-state index in [4.69, 9.17) is 24.7 Å². The molecule has 0 amide bonds. The summed E-state index contributed by atoms with van der Waals surface area (Å²) in [5.41, 5.74) is 8.42. The van der Waals surface area contributed by atoms with Crippen LogP contribution in [0.2, 0.25) is 0 Å². The zero-order valence-corrected chi connectivity index (χ0v) is 20.0. The van der Waals surface area contributed by atoms with E-state index in [0.717, 1.165) is 18.4 Å². The predicted octanol–water partition coefficient (Wildman–Crippen LogP) is 3.02. The van der Waals surface area contributed by atoms with Crippen LogP contribution in [0.1, 0.15) is 30.9 Å². The number of hydrogen-bond acceptors (Lipinski definition) is 9. The lowest BCUT2D eigenvalue weighted by atomic mass is 10.0. The number of esters is 1. The van der Waals surface area contributed by atoms with Crippen molar-refractivity contribution in [1.29, 1.82) is 0 Å². The quantitative estimate of drug-likeness (QED) is 0.191. The number of nitrogens with two attached hydrogens (primary N) is 1. The van der Waals surface area contributed by atoms with Crippen molar-refractivity contribution in [2.45, 2.75) is 32.1 Å². The number of hydrogen-bond donors (Lipinski definition) is 1. The SMILES string of the molecule is CCCCOc1nc(N)c2nc(Br)n(Cc3cccc(C(OC)(OC)C(=O)OC)c3)c2n1. The highest BCUT2D eigenvalue weighted by molar-refractivity contribution is 9.10. The number of carbonyl (C=O) groups excluding carboxylic acids is 1. The molecule has 0 saturated carbocycles. The lowest BCUT2D eigenvalue weighted by Crippen LogP contribution is -2.40. The first kappa shape index (κ1) is 23.9. The Morgan fingerprint density at radius 3 is 2.59 bits per heavy atom. The highest BCUT2D eigenvalue weighted by Gasteiger charge is 2.42.